The van der Waals surface area contributed by atoms with Crippen LogP contribution in [0.15, 0.2) is 48.9 Å². The molecule has 2 aliphatic rings. The molecule has 2 aliphatic heterocycles. The second-order valence-electron chi connectivity index (χ2n) is 9.53. The number of anilines is 5. The molecule has 0 bridgehead atoms. The molecule has 5 heterocycles. The van der Waals surface area contributed by atoms with E-state index in [0.717, 1.165) is 18.5 Å². The second-order valence-corrected chi connectivity index (χ2v) is 9.53. The maximum Gasteiger partial charge on any atom is 0.252 e. The van der Waals surface area contributed by atoms with Crippen LogP contribution in [0.3, 0.4) is 0 Å². The average molecular weight is 530 g/mol. The third-order valence-corrected chi connectivity index (χ3v) is 6.89. The standard InChI is InChI=1S/C27H28FN9O2/c28-20-16-36(25-7-4-17(12-29)13-33-25)10-8-21(20)34-22-11-24(32-15-19(22)27(30)39)35-23-6-5-18(14-31-23)37-9-2-1-3-26(37)38/h4-7,11,13-15,20-21H,1-3,8-10,16H2,(H2,30,39)(H2,31,32,34,35)/t20-,21+/m0/s1. The number of carbonyl (C=O) groups excluding carboxylic acids is 2. The smallest absolute Gasteiger partial charge is 0.252 e. The molecule has 0 radical (unpaired) electrons. The van der Waals surface area contributed by atoms with Gasteiger partial charge in [0.05, 0.1) is 41.3 Å². The van der Waals surface area contributed by atoms with Crippen LogP contribution in [-0.4, -0.2) is 58.6 Å². The minimum Gasteiger partial charge on any atom is -0.378 e. The molecule has 2 amide bonds. The van der Waals surface area contributed by atoms with Crippen molar-refractivity contribution in [2.45, 2.75) is 37.9 Å². The summed E-state index contributed by atoms with van der Waals surface area (Å²) in [7, 11) is 0. The van der Waals surface area contributed by atoms with Crippen LogP contribution in [0.5, 0.6) is 0 Å². The summed E-state index contributed by atoms with van der Waals surface area (Å²) in [5, 5.41) is 15.2. The van der Waals surface area contributed by atoms with E-state index in [0.29, 0.717) is 54.6 Å². The molecule has 2 atom stereocenters. The van der Waals surface area contributed by atoms with Crippen molar-refractivity contribution in [3.8, 4) is 6.07 Å². The highest BCUT2D eigenvalue weighted by molar-refractivity contribution is 5.98. The number of nitriles is 1. The number of pyridine rings is 3. The van der Waals surface area contributed by atoms with E-state index in [9.17, 15) is 9.59 Å². The average Bonchev–Trinajstić information content (AvgIpc) is 2.95. The second kappa shape index (κ2) is 11.3. The summed E-state index contributed by atoms with van der Waals surface area (Å²) in [6, 6.07) is 9.99. The van der Waals surface area contributed by atoms with Gasteiger partial charge < -0.3 is 26.2 Å². The zero-order valence-electron chi connectivity index (χ0n) is 21.2. The van der Waals surface area contributed by atoms with Crippen LogP contribution in [0.1, 0.15) is 41.6 Å². The fourth-order valence-corrected chi connectivity index (χ4v) is 4.78. The van der Waals surface area contributed by atoms with Crippen LogP contribution >= 0.6 is 0 Å². The number of alkyl halides is 1. The van der Waals surface area contributed by atoms with E-state index in [-0.39, 0.29) is 18.0 Å². The van der Waals surface area contributed by atoms with Crippen molar-refractivity contribution < 1.29 is 14.0 Å². The lowest BCUT2D eigenvalue weighted by molar-refractivity contribution is -0.119. The fraction of sp³-hybridized carbons (Fsp3) is 0.333. The Balaban J connectivity index is 1.27. The number of aromatic nitrogens is 3. The molecule has 0 saturated carbocycles. The molecule has 4 N–H and O–H groups in total. The number of carbonyl (C=O) groups is 2. The Morgan fingerprint density at radius 2 is 1.92 bits per heavy atom. The summed E-state index contributed by atoms with van der Waals surface area (Å²) >= 11 is 0. The monoisotopic (exact) mass is 529 g/mol. The Bertz CT molecular complexity index is 1390. The topological polar surface area (TPSA) is 153 Å². The van der Waals surface area contributed by atoms with E-state index in [2.05, 4.69) is 25.6 Å². The van der Waals surface area contributed by atoms with Crippen molar-refractivity contribution in [1.82, 2.24) is 15.0 Å². The molecule has 11 nitrogen and oxygen atoms in total. The normalized spacial score (nSPS) is 19.3. The van der Waals surface area contributed by atoms with Gasteiger partial charge >= 0.3 is 0 Å². The molecule has 0 aromatic carbocycles. The van der Waals surface area contributed by atoms with Gasteiger partial charge in [-0.2, -0.15) is 5.26 Å². The van der Waals surface area contributed by atoms with Crippen LogP contribution in [0.4, 0.5) is 33.2 Å². The molecular weight excluding hydrogens is 501 g/mol. The Labute approximate surface area is 224 Å². The minimum absolute atomic E-state index is 0.0911. The lowest BCUT2D eigenvalue weighted by Crippen LogP contribution is -2.48. The summed E-state index contributed by atoms with van der Waals surface area (Å²) in [6.07, 6.45) is 6.04. The molecule has 5 rings (SSSR count). The number of hydrogen-bond donors (Lipinski definition) is 3. The van der Waals surface area contributed by atoms with Crippen molar-refractivity contribution in [3.63, 3.8) is 0 Å². The van der Waals surface area contributed by atoms with Crippen LogP contribution in [0.2, 0.25) is 0 Å². The quantitative estimate of drug-likeness (QED) is 0.419. The van der Waals surface area contributed by atoms with Gasteiger partial charge in [0.15, 0.2) is 0 Å². The van der Waals surface area contributed by atoms with Gasteiger partial charge in [-0.3, -0.25) is 9.59 Å². The lowest BCUT2D eigenvalue weighted by Gasteiger charge is -2.36. The first-order chi connectivity index (χ1) is 18.9. The number of nitrogens with two attached hydrogens (primary N) is 1. The van der Waals surface area contributed by atoms with Crippen molar-refractivity contribution in [2.24, 2.45) is 5.73 Å². The first-order valence-electron chi connectivity index (χ1n) is 12.8. The highest BCUT2D eigenvalue weighted by Gasteiger charge is 2.31. The van der Waals surface area contributed by atoms with Gasteiger partial charge in [-0.1, -0.05) is 0 Å². The molecule has 0 unspecified atom stereocenters. The van der Waals surface area contributed by atoms with Gasteiger partial charge in [-0.15, -0.1) is 0 Å². The number of halogens is 1. The first kappa shape index (κ1) is 25.8. The summed E-state index contributed by atoms with van der Waals surface area (Å²) < 4.78 is 15.2. The maximum atomic E-state index is 15.2. The summed E-state index contributed by atoms with van der Waals surface area (Å²) in [4.78, 5) is 40.7. The number of hydrogen-bond acceptors (Lipinski definition) is 9. The number of amides is 2. The van der Waals surface area contributed by atoms with E-state index < -0.39 is 18.1 Å². The first-order valence-corrected chi connectivity index (χ1v) is 12.8. The van der Waals surface area contributed by atoms with Crippen molar-refractivity contribution >= 4 is 40.6 Å². The highest BCUT2D eigenvalue weighted by atomic mass is 19.1. The molecule has 39 heavy (non-hydrogen) atoms. The Morgan fingerprint density at radius 1 is 1.08 bits per heavy atom. The Morgan fingerprint density at radius 3 is 2.59 bits per heavy atom. The minimum atomic E-state index is -1.26. The van der Waals surface area contributed by atoms with E-state index >= 15 is 4.39 Å². The Kier molecular flexibility index (Phi) is 7.49. The summed E-state index contributed by atoms with van der Waals surface area (Å²) in [5.41, 5.74) is 7.26. The molecular formula is C27H28FN9O2. The molecule has 12 heteroatoms. The molecule has 200 valence electrons. The highest BCUT2D eigenvalue weighted by Crippen LogP contribution is 2.27. The van der Waals surface area contributed by atoms with Crippen molar-refractivity contribution in [1.29, 1.82) is 5.26 Å². The number of nitrogens with zero attached hydrogens (tertiary/aromatic N) is 6. The van der Waals surface area contributed by atoms with Gasteiger partial charge in [0.2, 0.25) is 5.91 Å². The number of nitrogens with one attached hydrogen (secondary N) is 2. The van der Waals surface area contributed by atoms with Crippen LogP contribution in [0, 0.1) is 11.3 Å². The zero-order valence-corrected chi connectivity index (χ0v) is 21.2. The molecule has 3 aromatic heterocycles. The van der Waals surface area contributed by atoms with E-state index in [1.54, 1.807) is 35.4 Å². The maximum absolute atomic E-state index is 15.2. The van der Waals surface area contributed by atoms with Gasteiger partial charge in [0.25, 0.3) is 5.91 Å². The van der Waals surface area contributed by atoms with Crippen molar-refractivity contribution in [3.05, 3.63) is 60.0 Å². The van der Waals surface area contributed by atoms with Crippen LogP contribution < -0.4 is 26.2 Å². The molecule has 3 aromatic rings. The SMILES string of the molecule is N#Cc1ccc(N2CC[C@@H](Nc3cc(Nc4ccc(N5CCCCC5=O)cn4)ncc3C(N)=O)[C@@H](F)C2)nc1. The lowest BCUT2D eigenvalue weighted by atomic mass is 10.0. The molecule has 0 spiro atoms. The molecule has 2 fully saturated rings. The number of primary amides is 1. The van der Waals surface area contributed by atoms with Gasteiger partial charge in [-0.25, -0.2) is 19.3 Å². The summed E-state index contributed by atoms with van der Waals surface area (Å²) in [6.45, 7) is 1.32. The van der Waals surface area contributed by atoms with Gasteiger partial charge in [0.1, 0.15) is 29.7 Å². The third kappa shape index (κ3) is 5.87. The third-order valence-electron chi connectivity index (χ3n) is 6.89. The van der Waals surface area contributed by atoms with Crippen LogP contribution in [-0.2, 0) is 4.79 Å². The largest absolute Gasteiger partial charge is 0.378 e. The molecule has 2 saturated heterocycles. The Hall–Kier alpha value is -4.79. The van der Waals surface area contributed by atoms with E-state index in [1.807, 2.05) is 17.0 Å². The predicted octanol–water partition coefficient (Wildman–Crippen LogP) is 3.13. The van der Waals surface area contributed by atoms with Gasteiger partial charge in [0, 0.05) is 38.0 Å². The number of rotatable bonds is 7. The predicted molar refractivity (Wildman–Crippen MR) is 145 cm³/mol. The van der Waals surface area contributed by atoms with Crippen molar-refractivity contribution in [2.75, 3.05) is 40.1 Å². The van der Waals surface area contributed by atoms with E-state index in [4.69, 9.17) is 11.0 Å². The van der Waals surface area contributed by atoms with E-state index in [1.165, 1.54) is 12.4 Å². The fourth-order valence-electron chi connectivity index (χ4n) is 4.78. The van der Waals surface area contributed by atoms with Crippen LogP contribution in [0.25, 0.3) is 0 Å². The number of piperidine rings is 2. The molecule has 0 aliphatic carbocycles. The summed E-state index contributed by atoms with van der Waals surface area (Å²) in [5.74, 6) is 0.909. The zero-order chi connectivity index (χ0) is 27.4. The van der Waals surface area contributed by atoms with Gasteiger partial charge in [-0.05, 0) is 43.5 Å².